The number of hydrogen-bond acceptors (Lipinski definition) is 2. The molecule has 1 amide bonds. The van der Waals surface area contributed by atoms with Gasteiger partial charge in [-0.05, 0) is 43.9 Å². The van der Waals surface area contributed by atoms with Crippen LogP contribution in [0.2, 0.25) is 0 Å². The number of primary amides is 1. The highest BCUT2D eigenvalue weighted by Gasteiger charge is 2.41. The van der Waals surface area contributed by atoms with E-state index in [0.29, 0.717) is 12.6 Å². The molecule has 3 N–H and O–H groups in total. The van der Waals surface area contributed by atoms with Crippen molar-refractivity contribution in [2.24, 2.45) is 23.5 Å². The Morgan fingerprint density at radius 1 is 1.50 bits per heavy atom. The van der Waals surface area contributed by atoms with Crippen LogP contribution in [0.15, 0.2) is 0 Å². The first-order valence-corrected chi connectivity index (χ1v) is 5.68. The van der Waals surface area contributed by atoms with Crippen molar-refractivity contribution in [3.63, 3.8) is 0 Å². The molecule has 0 aliphatic heterocycles. The third-order valence-corrected chi connectivity index (χ3v) is 4.03. The highest BCUT2D eigenvalue weighted by atomic mass is 16.1. The molecule has 4 atom stereocenters. The van der Waals surface area contributed by atoms with Crippen LogP contribution < -0.4 is 11.1 Å². The van der Waals surface area contributed by atoms with Gasteiger partial charge in [-0.25, -0.2) is 0 Å². The third-order valence-electron chi connectivity index (χ3n) is 4.03. The molecule has 0 aromatic carbocycles. The van der Waals surface area contributed by atoms with E-state index >= 15 is 0 Å². The van der Waals surface area contributed by atoms with E-state index in [1.807, 2.05) is 0 Å². The highest BCUT2D eigenvalue weighted by molar-refractivity contribution is 5.75. The summed E-state index contributed by atoms with van der Waals surface area (Å²) in [5.41, 5.74) is 5.11. The van der Waals surface area contributed by atoms with E-state index in [0.717, 1.165) is 17.8 Å². The number of hydrogen-bond donors (Lipinski definition) is 2. The quantitative estimate of drug-likeness (QED) is 0.701. The standard InChI is InChI=1S/C11H20N2O/c1-7(13-6-11(12)14)10-5-8-2-3-9(10)4-8/h7-10,13H,2-6H2,1H3,(H2,12,14). The van der Waals surface area contributed by atoms with E-state index in [2.05, 4.69) is 12.2 Å². The van der Waals surface area contributed by atoms with Crippen molar-refractivity contribution in [2.45, 2.75) is 38.6 Å². The monoisotopic (exact) mass is 196 g/mol. The van der Waals surface area contributed by atoms with E-state index in [1.165, 1.54) is 25.7 Å². The van der Waals surface area contributed by atoms with Crippen LogP contribution in [0.4, 0.5) is 0 Å². The van der Waals surface area contributed by atoms with Crippen LogP contribution in [0.5, 0.6) is 0 Å². The maximum Gasteiger partial charge on any atom is 0.231 e. The molecule has 0 aromatic rings. The molecule has 2 bridgehead atoms. The van der Waals surface area contributed by atoms with Crippen molar-refractivity contribution < 1.29 is 4.79 Å². The number of carbonyl (C=O) groups excluding carboxylic acids is 1. The van der Waals surface area contributed by atoms with Crippen molar-refractivity contribution in [2.75, 3.05) is 6.54 Å². The maximum atomic E-state index is 10.6. The smallest absolute Gasteiger partial charge is 0.231 e. The van der Waals surface area contributed by atoms with Gasteiger partial charge in [-0.1, -0.05) is 6.42 Å². The van der Waals surface area contributed by atoms with Crippen LogP contribution in [-0.4, -0.2) is 18.5 Å². The van der Waals surface area contributed by atoms with Crippen LogP contribution in [0.3, 0.4) is 0 Å². The zero-order chi connectivity index (χ0) is 10.1. The molecule has 2 fully saturated rings. The summed E-state index contributed by atoms with van der Waals surface area (Å²) in [6.07, 6.45) is 5.62. The summed E-state index contributed by atoms with van der Waals surface area (Å²) < 4.78 is 0. The van der Waals surface area contributed by atoms with Crippen molar-refractivity contribution in [1.82, 2.24) is 5.32 Å². The fraction of sp³-hybridized carbons (Fsp3) is 0.909. The van der Waals surface area contributed by atoms with Gasteiger partial charge in [-0.15, -0.1) is 0 Å². The van der Waals surface area contributed by atoms with E-state index in [1.54, 1.807) is 0 Å². The zero-order valence-corrected chi connectivity index (χ0v) is 8.83. The summed E-state index contributed by atoms with van der Waals surface area (Å²) in [6, 6.07) is 0.456. The number of carbonyl (C=O) groups is 1. The van der Waals surface area contributed by atoms with Gasteiger partial charge in [0.25, 0.3) is 0 Å². The predicted octanol–water partition coefficient (Wildman–Crippen LogP) is 0.886. The number of fused-ring (bicyclic) bond motifs is 2. The molecule has 0 saturated heterocycles. The van der Waals surface area contributed by atoms with Crippen molar-refractivity contribution in [3.05, 3.63) is 0 Å². The molecule has 2 rings (SSSR count). The number of amides is 1. The van der Waals surface area contributed by atoms with Gasteiger partial charge in [-0.2, -0.15) is 0 Å². The molecular weight excluding hydrogens is 176 g/mol. The summed E-state index contributed by atoms with van der Waals surface area (Å²) in [6.45, 7) is 2.52. The molecule has 2 aliphatic rings. The molecule has 0 heterocycles. The zero-order valence-electron chi connectivity index (χ0n) is 8.83. The Hall–Kier alpha value is -0.570. The SMILES string of the molecule is CC(NCC(N)=O)C1CC2CCC1C2. The minimum absolute atomic E-state index is 0.250. The largest absolute Gasteiger partial charge is 0.369 e. The average Bonchev–Trinajstić information content (AvgIpc) is 2.74. The molecule has 0 spiro atoms. The summed E-state index contributed by atoms with van der Waals surface area (Å²) in [4.78, 5) is 10.6. The van der Waals surface area contributed by atoms with Crippen molar-refractivity contribution in [1.29, 1.82) is 0 Å². The van der Waals surface area contributed by atoms with E-state index in [9.17, 15) is 4.79 Å². The lowest BCUT2D eigenvalue weighted by Crippen LogP contribution is -2.40. The van der Waals surface area contributed by atoms with Gasteiger partial charge in [0.1, 0.15) is 0 Å². The third kappa shape index (κ3) is 1.92. The maximum absolute atomic E-state index is 10.6. The Labute approximate surface area is 85.4 Å². The normalized spacial score (nSPS) is 37.4. The Balaban J connectivity index is 1.80. The summed E-state index contributed by atoms with van der Waals surface area (Å²) in [5, 5.41) is 3.23. The molecule has 14 heavy (non-hydrogen) atoms. The van der Waals surface area contributed by atoms with Crippen LogP contribution in [0.25, 0.3) is 0 Å². The molecule has 4 unspecified atom stereocenters. The van der Waals surface area contributed by atoms with Gasteiger partial charge >= 0.3 is 0 Å². The first-order valence-electron chi connectivity index (χ1n) is 5.68. The molecule has 80 valence electrons. The Bertz CT molecular complexity index is 229. The van der Waals surface area contributed by atoms with Crippen molar-refractivity contribution in [3.8, 4) is 0 Å². The van der Waals surface area contributed by atoms with E-state index in [4.69, 9.17) is 5.73 Å². The Kier molecular flexibility index (Phi) is 2.77. The Morgan fingerprint density at radius 2 is 2.29 bits per heavy atom. The van der Waals surface area contributed by atoms with Crippen LogP contribution >= 0.6 is 0 Å². The summed E-state index contributed by atoms with van der Waals surface area (Å²) >= 11 is 0. The average molecular weight is 196 g/mol. The van der Waals surface area contributed by atoms with Crippen LogP contribution in [0.1, 0.15) is 32.6 Å². The first-order chi connectivity index (χ1) is 6.66. The fourth-order valence-corrected chi connectivity index (χ4v) is 3.32. The fourth-order valence-electron chi connectivity index (χ4n) is 3.32. The van der Waals surface area contributed by atoms with Crippen LogP contribution in [-0.2, 0) is 4.79 Å². The van der Waals surface area contributed by atoms with E-state index in [-0.39, 0.29) is 5.91 Å². The molecular formula is C11H20N2O. The Morgan fingerprint density at radius 3 is 2.79 bits per heavy atom. The van der Waals surface area contributed by atoms with Gasteiger partial charge in [0.05, 0.1) is 6.54 Å². The molecule has 0 radical (unpaired) electrons. The number of nitrogens with one attached hydrogen (secondary N) is 1. The van der Waals surface area contributed by atoms with Crippen molar-refractivity contribution >= 4 is 5.91 Å². The molecule has 3 nitrogen and oxygen atoms in total. The molecule has 2 aliphatic carbocycles. The van der Waals surface area contributed by atoms with E-state index < -0.39 is 0 Å². The number of nitrogens with two attached hydrogens (primary N) is 1. The van der Waals surface area contributed by atoms with Crippen LogP contribution in [0, 0.1) is 17.8 Å². The molecule has 3 heteroatoms. The number of rotatable bonds is 4. The lowest BCUT2D eigenvalue weighted by molar-refractivity contribution is -0.117. The first kappa shape index (κ1) is 9.97. The lowest BCUT2D eigenvalue weighted by Gasteiger charge is -2.28. The van der Waals surface area contributed by atoms with Gasteiger partial charge in [0.2, 0.25) is 5.91 Å². The predicted molar refractivity (Wildman–Crippen MR) is 55.6 cm³/mol. The second-order valence-electron chi connectivity index (χ2n) is 4.97. The summed E-state index contributed by atoms with van der Waals surface area (Å²) in [5.74, 6) is 2.42. The summed E-state index contributed by atoms with van der Waals surface area (Å²) in [7, 11) is 0. The van der Waals surface area contributed by atoms with Gasteiger partial charge < -0.3 is 11.1 Å². The lowest BCUT2D eigenvalue weighted by atomic mass is 9.84. The van der Waals surface area contributed by atoms with Gasteiger partial charge in [0, 0.05) is 6.04 Å². The van der Waals surface area contributed by atoms with Gasteiger partial charge in [0.15, 0.2) is 0 Å². The highest BCUT2D eigenvalue weighted by Crippen LogP contribution is 2.49. The molecule has 0 aromatic heterocycles. The van der Waals surface area contributed by atoms with Gasteiger partial charge in [-0.3, -0.25) is 4.79 Å². The minimum Gasteiger partial charge on any atom is -0.369 e. The minimum atomic E-state index is -0.250. The second kappa shape index (κ2) is 3.89. The second-order valence-corrected chi connectivity index (χ2v) is 4.97. The topological polar surface area (TPSA) is 55.1 Å². The molecule has 2 saturated carbocycles.